The van der Waals surface area contributed by atoms with Crippen molar-refractivity contribution in [2.24, 2.45) is 0 Å². The fourth-order valence-corrected chi connectivity index (χ4v) is 2.35. The van der Waals surface area contributed by atoms with Crippen LogP contribution in [-0.4, -0.2) is 17.5 Å². The number of rotatable bonds is 6. The molecule has 0 aliphatic carbocycles. The topological polar surface area (TPSA) is 3.24 Å². The normalized spacial score (nSPS) is 18.6. The molecule has 0 saturated carbocycles. The molecule has 1 unspecified atom stereocenters. The van der Waals surface area contributed by atoms with E-state index in [0.29, 0.717) is 6.04 Å². The molecular formula is C18H27N. The van der Waals surface area contributed by atoms with Crippen molar-refractivity contribution in [2.75, 3.05) is 6.54 Å². The Labute approximate surface area is 118 Å². The number of allylic oxidation sites excluding steroid dienone is 4. The minimum atomic E-state index is 0.366. The van der Waals surface area contributed by atoms with Gasteiger partial charge in [-0.25, -0.2) is 0 Å². The molecule has 1 aliphatic heterocycles. The molecule has 0 radical (unpaired) electrons. The summed E-state index contributed by atoms with van der Waals surface area (Å²) in [5.41, 5.74) is 5.00. The molecule has 0 spiro atoms. The fraction of sp³-hybridized carbons (Fsp3) is 0.444. The Morgan fingerprint density at radius 1 is 1.47 bits per heavy atom. The number of unbranched alkanes of at least 4 members (excludes halogenated alkanes) is 1. The van der Waals surface area contributed by atoms with E-state index in [0.717, 1.165) is 18.7 Å². The molecule has 0 saturated heterocycles. The molecule has 1 atom stereocenters. The van der Waals surface area contributed by atoms with Crippen molar-refractivity contribution in [2.45, 2.75) is 46.6 Å². The van der Waals surface area contributed by atoms with Gasteiger partial charge < -0.3 is 4.90 Å². The van der Waals surface area contributed by atoms with Crippen molar-refractivity contribution in [1.29, 1.82) is 0 Å². The Kier molecular flexibility index (Phi) is 5.88. The summed E-state index contributed by atoms with van der Waals surface area (Å²) in [5, 5.41) is 0. The molecular weight excluding hydrogens is 230 g/mol. The fourth-order valence-electron chi connectivity index (χ4n) is 2.35. The highest BCUT2D eigenvalue weighted by atomic mass is 15.2. The molecule has 0 fully saturated rings. The summed E-state index contributed by atoms with van der Waals surface area (Å²) in [6.07, 6.45) is 11.0. The SMILES string of the molecule is C=CC1=C(C)CN(C(C)/C=C/C(C)=C/CCC)C1=C. The molecule has 1 rings (SSSR count). The lowest BCUT2D eigenvalue weighted by Crippen LogP contribution is -2.28. The Hall–Kier alpha value is -1.50. The maximum atomic E-state index is 4.18. The van der Waals surface area contributed by atoms with Crippen LogP contribution in [0.3, 0.4) is 0 Å². The summed E-state index contributed by atoms with van der Waals surface area (Å²) in [6.45, 7) is 17.8. The first-order valence-electron chi connectivity index (χ1n) is 7.14. The predicted molar refractivity (Wildman–Crippen MR) is 86.0 cm³/mol. The van der Waals surface area contributed by atoms with Gasteiger partial charge in [0.1, 0.15) is 0 Å². The van der Waals surface area contributed by atoms with Crippen LogP contribution >= 0.6 is 0 Å². The molecule has 1 aliphatic rings. The molecule has 104 valence electrons. The minimum Gasteiger partial charge on any atom is -0.361 e. The molecule has 0 aromatic carbocycles. The van der Waals surface area contributed by atoms with E-state index in [1.54, 1.807) is 0 Å². The quantitative estimate of drug-likeness (QED) is 0.605. The van der Waals surface area contributed by atoms with Crippen LogP contribution < -0.4 is 0 Å². The highest BCUT2D eigenvalue weighted by molar-refractivity contribution is 5.46. The van der Waals surface area contributed by atoms with E-state index < -0.39 is 0 Å². The lowest BCUT2D eigenvalue weighted by molar-refractivity contribution is 0.358. The predicted octanol–water partition coefficient (Wildman–Crippen LogP) is 5.01. The van der Waals surface area contributed by atoms with Crippen molar-refractivity contribution in [3.05, 3.63) is 59.9 Å². The second-order valence-electron chi connectivity index (χ2n) is 5.31. The lowest BCUT2D eigenvalue weighted by atomic mass is 10.1. The molecule has 19 heavy (non-hydrogen) atoms. The molecule has 0 bridgehead atoms. The van der Waals surface area contributed by atoms with Crippen LogP contribution in [0.1, 0.15) is 40.5 Å². The van der Waals surface area contributed by atoms with Crippen LogP contribution in [0, 0.1) is 0 Å². The highest BCUT2D eigenvalue weighted by Gasteiger charge is 2.23. The molecule has 1 nitrogen and oxygen atoms in total. The summed E-state index contributed by atoms with van der Waals surface area (Å²) >= 11 is 0. The first kappa shape index (κ1) is 15.6. The van der Waals surface area contributed by atoms with Crippen molar-refractivity contribution >= 4 is 0 Å². The monoisotopic (exact) mass is 257 g/mol. The van der Waals surface area contributed by atoms with Gasteiger partial charge in [-0.1, -0.05) is 56.4 Å². The summed E-state index contributed by atoms with van der Waals surface area (Å²) in [5.74, 6) is 0. The van der Waals surface area contributed by atoms with E-state index in [1.807, 2.05) is 6.08 Å². The van der Waals surface area contributed by atoms with Gasteiger partial charge in [-0.2, -0.15) is 0 Å². The average molecular weight is 257 g/mol. The van der Waals surface area contributed by atoms with Crippen LogP contribution in [-0.2, 0) is 0 Å². The summed E-state index contributed by atoms with van der Waals surface area (Å²) in [6, 6.07) is 0.366. The molecule has 1 heterocycles. The largest absolute Gasteiger partial charge is 0.361 e. The van der Waals surface area contributed by atoms with Crippen molar-refractivity contribution in [1.82, 2.24) is 4.90 Å². The zero-order chi connectivity index (χ0) is 14.4. The Balaban J connectivity index is 2.67. The van der Waals surface area contributed by atoms with Gasteiger partial charge >= 0.3 is 0 Å². The van der Waals surface area contributed by atoms with Crippen LogP contribution in [0.5, 0.6) is 0 Å². The Morgan fingerprint density at radius 2 is 2.16 bits per heavy atom. The van der Waals surface area contributed by atoms with Crippen LogP contribution in [0.15, 0.2) is 59.9 Å². The molecule has 0 aromatic rings. The highest BCUT2D eigenvalue weighted by Crippen LogP contribution is 2.29. The lowest BCUT2D eigenvalue weighted by Gasteiger charge is -2.26. The first-order valence-corrected chi connectivity index (χ1v) is 7.14. The molecule has 0 aromatic heterocycles. The summed E-state index contributed by atoms with van der Waals surface area (Å²) < 4.78 is 0. The molecule has 1 heteroatoms. The van der Waals surface area contributed by atoms with Gasteiger partial charge in [0.05, 0.1) is 0 Å². The van der Waals surface area contributed by atoms with Gasteiger partial charge in [0.15, 0.2) is 0 Å². The maximum absolute atomic E-state index is 4.18. The van der Waals surface area contributed by atoms with E-state index in [-0.39, 0.29) is 0 Å². The second-order valence-corrected chi connectivity index (χ2v) is 5.31. The molecule has 0 amide bonds. The Morgan fingerprint density at radius 3 is 2.68 bits per heavy atom. The summed E-state index contributed by atoms with van der Waals surface area (Å²) in [7, 11) is 0. The molecule has 0 N–H and O–H groups in total. The number of hydrogen-bond acceptors (Lipinski definition) is 1. The third-order valence-corrected chi connectivity index (χ3v) is 3.61. The van der Waals surface area contributed by atoms with E-state index in [1.165, 1.54) is 23.1 Å². The van der Waals surface area contributed by atoms with Gasteiger partial charge in [-0.3, -0.25) is 0 Å². The first-order chi connectivity index (χ1) is 9.01. The second kappa shape index (κ2) is 7.18. The van der Waals surface area contributed by atoms with Crippen molar-refractivity contribution in [3.63, 3.8) is 0 Å². The number of nitrogens with zero attached hydrogens (tertiary/aromatic N) is 1. The average Bonchev–Trinajstić information content (AvgIpc) is 2.68. The zero-order valence-corrected chi connectivity index (χ0v) is 12.9. The van der Waals surface area contributed by atoms with E-state index in [9.17, 15) is 0 Å². The van der Waals surface area contributed by atoms with Crippen LogP contribution in [0.2, 0.25) is 0 Å². The van der Waals surface area contributed by atoms with E-state index >= 15 is 0 Å². The maximum Gasteiger partial charge on any atom is 0.0451 e. The van der Waals surface area contributed by atoms with Crippen molar-refractivity contribution < 1.29 is 0 Å². The van der Waals surface area contributed by atoms with Crippen molar-refractivity contribution in [3.8, 4) is 0 Å². The summed E-state index contributed by atoms with van der Waals surface area (Å²) in [4.78, 5) is 2.33. The van der Waals surface area contributed by atoms with Gasteiger partial charge in [0.2, 0.25) is 0 Å². The van der Waals surface area contributed by atoms with Crippen LogP contribution in [0.4, 0.5) is 0 Å². The Bertz CT molecular complexity index is 435. The van der Waals surface area contributed by atoms with Gasteiger partial charge in [0.25, 0.3) is 0 Å². The van der Waals surface area contributed by atoms with Gasteiger partial charge in [-0.15, -0.1) is 0 Å². The van der Waals surface area contributed by atoms with Gasteiger partial charge in [-0.05, 0) is 38.3 Å². The van der Waals surface area contributed by atoms with E-state index in [2.05, 4.69) is 64.0 Å². The van der Waals surface area contributed by atoms with Crippen LogP contribution in [0.25, 0.3) is 0 Å². The third-order valence-electron chi connectivity index (χ3n) is 3.61. The minimum absolute atomic E-state index is 0.366. The van der Waals surface area contributed by atoms with Gasteiger partial charge in [0, 0.05) is 18.3 Å². The third kappa shape index (κ3) is 3.99. The number of hydrogen-bond donors (Lipinski definition) is 0. The smallest absolute Gasteiger partial charge is 0.0451 e. The standard InChI is InChI=1S/C18H27N/c1-7-9-10-14(3)11-12-16(5)19-13-15(4)18(8-2)17(19)6/h8,10-12,16H,2,6-7,9,13H2,1,3-5H3/b12-11+,14-10+. The zero-order valence-electron chi connectivity index (χ0n) is 12.9. The van der Waals surface area contributed by atoms with E-state index in [4.69, 9.17) is 0 Å².